The number of ether oxygens (including phenoxy) is 8. The van der Waals surface area contributed by atoms with Crippen molar-refractivity contribution in [3.8, 4) is 85.5 Å². The number of aromatic hydroxyl groups is 1. The zero-order valence-corrected chi connectivity index (χ0v) is 81.0. The molecule has 1 aliphatic rings. The molecule has 2 amide bonds. The number of amides is 2. The Kier molecular flexibility index (Phi) is 42.9. The van der Waals surface area contributed by atoms with Gasteiger partial charge in [-0.15, -0.1) is 0 Å². The second-order valence-electron chi connectivity index (χ2n) is 32.5. The highest BCUT2D eigenvalue weighted by Gasteiger charge is 2.38. The molecule has 42 heteroatoms. The van der Waals surface area contributed by atoms with Crippen molar-refractivity contribution < 1.29 is 120 Å². The Morgan fingerprint density at radius 1 is 0.565 bits per heavy atom. The number of nitrogens with zero attached hydrogens (tertiary/aromatic N) is 9. The molecule has 738 valence electrons. The number of rotatable bonds is 34. The van der Waals surface area contributed by atoms with E-state index in [1.54, 1.807) is 90.1 Å². The van der Waals surface area contributed by atoms with Crippen molar-refractivity contribution in [1.82, 2.24) is 54.8 Å². The summed E-state index contributed by atoms with van der Waals surface area (Å²) in [6, 6.07) is 32.4. The lowest BCUT2D eigenvalue weighted by atomic mass is 9.80. The maximum Gasteiger partial charge on any atom is 0.488 e. The topological polar surface area (TPSA) is 595 Å². The average Bonchev–Trinajstić information content (AvgIpc) is 0.765. The van der Waals surface area contributed by atoms with Gasteiger partial charge in [-0.2, -0.15) is 8.42 Å². The Labute approximate surface area is 805 Å². The highest BCUT2D eigenvalue weighted by molar-refractivity contribution is 7.87. The number of aromatic carboxylic acids is 1. The van der Waals surface area contributed by atoms with Gasteiger partial charge in [-0.1, -0.05) is 25.1 Å². The lowest BCUT2D eigenvalue weighted by Gasteiger charge is -2.32. The van der Waals surface area contributed by atoms with Gasteiger partial charge in [0.2, 0.25) is 17.1 Å². The summed E-state index contributed by atoms with van der Waals surface area (Å²) in [7, 11) is -4.66. The van der Waals surface area contributed by atoms with Gasteiger partial charge >= 0.3 is 31.0 Å². The number of aliphatic hydroxyl groups is 2. The SMILES string of the molecule is CC(C)Oc1ccc(B(O)O)cc1.CCOC(=O)c1cnc(-c2ccc(OC(C)C)cc2)nc1C.CCOC(=O)c1cnc(Cl)nc1C.Cc1nc(-c2ccc(OC(C)C)cc2)ncc1C(=O)C[C@@H](CNS(N)(=O)=O)C(=O)N(C)[C@@H]1C(=O)C[C@@H](C)C(=O)N[C@H](C(=O)O)Cc2ccc(OC[C@H](O)CN)c(c2)-c2cc1cc(OC[C@H](O)CN)c2O.Cc1nc(-c2ccc(OC(C)C)cc2)ncc1C(=O)O. The van der Waals surface area contributed by atoms with Crippen LogP contribution in [0.3, 0.4) is 0 Å². The molecule has 0 saturated carbocycles. The Hall–Kier alpha value is -13.6. The maximum absolute atomic E-state index is 14.9. The van der Waals surface area contributed by atoms with Gasteiger partial charge in [-0.25, -0.2) is 68.9 Å². The highest BCUT2D eigenvalue weighted by Crippen LogP contribution is 2.46. The summed E-state index contributed by atoms with van der Waals surface area (Å²) < 4.78 is 70.4. The zero-order chi connectivity index (χ0) is 102. The van der Waals surface area contributed by atoms with Crippen molar-refractivity contribution in [1.29, 1.82) is 0 Å². The molecule has 39 nitrogen and oxygen atoms in total. The summed E-state index contributed by atoms with van der Waals surface area (Å²) in [5.74, 6) is -5.72. The lowest BCUT2D eigenvalue weighted by Crippen LogP contribution is -2.46. The second kappa shape index (κ2) is 53.2. The number of aliphatic hydroxyl groups excluding tert-OH is 2. The van der Waals surface area contributed by atoms with Crippen LogP contribution in [0.5, 0.6) is 40.2 Å². The van der Waals surface area contributed by atoms with Gasteiger partial charge in [-0.05, 0) is 234 Å². The van der Waals surface area contributed by atoms with Crippen molar-refractivity contribution in [3.05, 3.63) is 214 Å². The number of halogens is 1. The molecule has 4 bridgehead atoms. The van der Waals surface area contributed by atoms with Gasteiger partial charge in [0.25, 0.3) is 10.2 Å². The molecule has 5 heterocycles. The van der Waals surface area contributed by atoms with Gasteiger partial charge < -0.3 is 95.2 Å². The number of fused-ring (bicyclic) bond motifs is 5. The van der Waals surface area contributed by atoms with Gasteiger partial charge in [0, 0.05) is 104 Å². The van der Waals surface area contributed by atoms with E-state index in [2.05, 4.69) is 49.9 Å². The largest absolute Gasteiger partial charge is 0.504 e. The monoisotopic (exact) mass is 1940 g/mol. The highest BCUT2D eigenvalue weighted by atomic mass is 35.5. The molecule has 0 fully saturated rings. The van der Waals surface area contributed by atoms with Crippen LogP contribution in [0.2, 0.25) is 5.28 Å². The molecule has 0 unspecified atom stereocenters. The molecular weight excluding hydrogens is 1830 g/mol. The summed E-state index contributed by atoms with van der Waals surface area (Å²) in [6.45, 7) is 25.8. The van der Waals surface area contributed by atoms with Crippen molar-refractivity contribution in [2.45, 2.75) is 172 Å². The third-order valence-corrected chi connectivity index (χ3v) is 20.7. The third kappa shape index (κ3) is 34.3. The number of carboxylic acids is 2. The first kappa shape index (κ1) is 111. The zero-order valence-electron chi connectivity index (χ0n) is 79.4. The minimum Gasteiger partial charge on any atom is -0.504 e. The Morgan fingerprint density at radius 3 is 1.37 bits per heavy atom. The van der Waals surface area contributed by atoms with Crippen molar-refractivity contribution in [2.24, 2.45) is 28.4 Å². The minimum atomic E-state index is -4.46. The number of nitrogens with two attached hydrogens (primary N) is 3. The number of aryl methyl sites for hydroxylation is 4. The molecule has 138 heavy (non-hydrogen) atoms. The summed E-state index contributed by atoms with van der Waals surface area (Å²) in [4.78, 5) is 138. The van der Waals surface area contributed by atoms with Crippen LogP contribution in [-0.2, 0) is 45.3 Å². The van der Waals surface area contributed by atoms with Crippen LogP contribution in [0.15, 0.2) is 152 Å². The van der Waals surface area contributed by atoms with Crippen LogP contribution >= 0.6 is 11.6 Å². The van der Waals surface area contributed by atoms with Crippen LogP contribution in [-0.4, -0.2) is 239 Å². The first-order valence-corrected chi connectivity index (χ1v) is 45.8. The molecular formula is C96H118BClN14O25S. The van der Waals surface area contributed by atoms with Gasteiger partial charge in [0.1, 0.15) is 66.3 Å². The molecule has 0 spiro atoms. The van der Waals surface area contributed by atoms with Crippen molar-refractivity contribution >= 4 is 81.6 Å². The fraction of sp³-hybridized carbons (Fsp3) is 0.375. The van der Waals surface area contributed by atoms with E-state index in [9.17, 15) is 67.2 Å². The predicted molar refractivity (Wildman–Crippen MR) is 512 cm³/mol. The van der Waals surface area contributed by atoms with Crippen LogP contribution in [0.1, 0.15) is 170 Å². The van der Waals surface area contributed by atoms with E-state index in [-0.39, 0.29) is 107 Å². The summed E-state index contributed by atoms with van der Waals surface area (Å²) in [5, 5.41) is 77.2. The number of ketones is 2. The number of carbonyl (C=O) groups excluding carboxylic acids is 6. The van der Waals surface area contributed by atoms with Crippen LogP contribution in [0, 0.1) is 39.5 Å². The Balaban J connectivity index is 0.000000301. The number of benzene rings is 6. The van der Waals surface area contributed by atoms with E-state index in [1.165, 1.54) is 69.1 Å². The number of carboxylic acid groups (broad SMARTS) is 2. The molecule has 10 aromatic rings. The fourth-order valence-electron chi connectivity index (χ4n) is 13.2. The predicted octanol–water partition coefficient (Wildman–Crippen LogP) is 9.03. The Morgan fingerprint density at radius 2 is 0.978 bits per heavy atom. The number of hydrogen-bond donors (Lipinski definition) is 12. The van der Waals surface area contributed by atoms with Crippen molar-refractivity contribution in [3.63, 3.8) is 0 Å². The number of aromatic nitrogens is 8. The number of Topliss-reactive ketones (excluding diaryl/α,β-unsaturated/α-hetero) is 2. The smallest absolute Gasteiger partial charge is 0.488 e. The minimum absolute atomic E-state index is 0.0111. The van der Waals surface area contributed by atoms with Gasteiger partial charge in [0.15, 0.2) is 40.5 Å². The lowest BCUT2D eigenvalue weighted by molar-refractivity contribution is -0.143. The fourth-order valence-corrected chi connectivity index (χ4v) is 13.8. The summed E-state index contributed by atoms with van der Waals surface area (Å²) >= 11 is 5.52. The van der Waals surface area contributed by atoms with E-state index in [0.717, 1.165) is 33.3 Å². The van der Waals surface area contributed by atoms with E-state index >= 15 is 0 Å². The molecule has 0 aliphatic carbocycles. The molecule has 0 saturated heterocycles. The molecule has 4 aromatic heterocycles. The van der Waals surface area contributed by atoms with E-state index in [0.29, 0.717) is 75.4 Å². The second-order valence-corrected chi connectivity index (χ2v) is 34.3. The number of nitrogens with one attached hydrogen (secondary N) is 2. The van der Waals surface area contributed by atoms with Gasteiger partial charge in [-0.3, -0.25) is 19.2 Å². The van der Waals surface area contributed by atoms with E-state index < -0.39 is 132 Å². The normalized spacial score (nSPS) is 14.1. The molecule has 1 aliphatic heterocycles. The standard InChI is InChI=1S/C47H60N8O14S.C17H20N2O3.C15H16N2O3.C9H13BO3.C8H9ClN2O2/c1-24(2)69-33-9-7-28(8-10-33)44-51-21-36(26(4)53-44)38(58)16-30(20-52-70(50,65)66)46(62)55(5)42-29-15-35(43(60)41(17-29)68-23-32(57)19-49)34-13-27(6-11-40(34)67-22-31(56)18-48)14-37(47(63)64)54-45(61)25(3)12-39(42)59;1-5-21-17(20)15-10-18-16(19-12(15)4)13-6-8-14(9-7-13)22-11(2)3;1-9(2)20-12-6-4-11(5-7-12)14-16-8-13(15(18)19)10(3)17-14;1-7(2)13-9-5-3-8(4-6-9)10(11)12;1-3-13-7(12)6-4-10-8(9)11-5(6)2/h6-11,13,15,17,21,24-25,30-32,37,42,52,56-57,60H,12,14,16,18-20,22-23,48-49H2,1-5H3,(H,54,61)(H,63,64)(H2,50,65,66);6-11H,5H2,1-4H3;4-9H,1-3H3,(H,18,19);3-7,11-12H,1-2H3;4H,3H2,1-2H3/t25-,30+,31-,32-,37+,42+;;;;/m1..../s1. The van der Waals surface area contributed by atoms with Crippen molar-refractivity contribution in [2.75, 3.05) is 53.1 Å². The number of likely N-dealkylation sites (N-methyl/N-ethyl adjacent to an activating group) is 1. The summed E-state index contributed by atoms with van der Waals surface area (Å²) in [5.41, 5.74) is 17.0. The number of hydrogen-bond acceptors (Lipinski definition) is 33. The van der Waals surface area contributed by atoms with E-state index in [1.807, 2.05) is 104 Å². The van der Waals surface area contributed by atoms with Crippen LogP contribution < -0.4 is 60.5 Å². The number of esters is 2. The summed E-state index contributed by atoms with van der Waals surface area (Å²) in [6.07, 6.45) is 1.94. The number of carbonyl (C=O) groups is 8. The molecule has 6 aromatic carbocycles. The molecule has 6 atom stereocenters. The first-order valence-electron chi connectivity index (χ1n) is 43.9. The number of phenols is 1. The molecule has 11 rings (SSSR count). The molecule has 15 N–H and O–H groups in total. The van der Waals surface area contributed by atoms with Crippen LogP contribution in [0.4, 0.5) is 0 Å². The van der Waals surface area contributed by atoms with Gasteiger partial charge in [0.05, 0.1) is 88.6 Å². The number of phenolic OH excluding ortho intramolecular Hbond substituents is 1. The first-order chi connectivity index (χ1) is 65.2. The van der Waals surface area contributed by atoms with Crippen LogP contribution in [0.25, 0.3) is 45.3 Å². The molecule has 0 radical (unpaired) electrons. The van der Waals surface area contributed by atoms with E-state index in [4.69, 9.17) is 81.3 Å². The average molecular weight is 1950 g/mol. The number of aliphatic carboxylic acids is 1. The maximum atomic E-state index is 14.9. The Bertz CT molecular complexity index is 5930. The third-order valence-electron chi connectivity index (χ3n) is 19.9. The quantitative estimate of drug-likeness (QED) is 0.00774.